The van der Waals surface area contributed by atoms with Gasteiger partial charge in [-0.15, -0.1) is 0 Å². The summed E-state index contributed by atoms with van der Waals surface area (Å²) in [6.45, 7) is 0. The van der Waals surface area contributed by atoms with Crippen LogP contribution in [0.2, 0.25) is 5.02 Å². The number of hydrogen-bond donors (Lipinski definition) is 1. The third-order valence-corrected chi connectivity index (χ3v) is 3.00. The zero-order chi connectivity index (χ0) is 10.2. The van der Waals surface area contributed by atoms with Crippen LogP contribution in [0.15, 0.2) is 24.3 Å². The van der Waals surface area contributed by atoms with Crippen molar-refractivity contribution in [1.82, 2.24) is 0 Å². The van der Waals surface area contributed by atoms with Crippen molar-refractivity contribution in [1.29, 1.82) is 0 Å². The summed E-state index contributed by atoms with van der Waals surface area (Å²) in [5.74, 6) is 0.243. The van der Waals surface area contributed by atoms with Gasteiger partial charge in [-0.1, -0.05) is 23.7 Å². The summed E-state index contributed by atoms with van der Waals surface area (Å²) < 4.78 is 0. The SMILES string of the molecule is NC1(c2cccc(Cl)c2)CCC(=O)C1. The van der Waals surface area contributed by atoms with Crippen molar-refractivity contribution in [2.24, 2.45) is 5.73 Å². The molecule has 1 atom stereocenters. The molecule has 0 aromatic heterocycles. The topological polar surface area (TPSA) is 43.1 Å². The van der Waals surface area contributed by atoms with Crippen LogP contribution in [0.5, 0.6) is 0 Å². The molecule has 0 radical (unpaired) electrons. The standard InChI is InChI=1S/C11H12ClNO/c12-9-3-1-2-8(6-9)11(13)5-4-10(14)7-11/h1-3,6H,4-5,7,13H2. The molecule has 0 spiro atoms. The molecule has 74 valence electrons. The number of carbonyl (C=O) groups excluding carboxylic acids is 1. The second-order valence-electron chi connectivity index (χ2n) is 3.88. The Hall–Kier alpha value is -0.860. The molecule has 2 nitrogen and oxygen atoms in total. The first-order valence-electron chi connectivity index (χ1n) is 4.67. The van der Waals surface area contributed by atoms with Crippen LogP contribution in [0.4, 0.5) is 0 Å². The van der Waals surface area contributed by atoms with E-state index >= 15 is 0 Å². The first-order valence-corrected chi connectivity index (χ1v) is 5.05. The Kier molecular flexibility index (Phi) is 2.33. The lowest BCUT2D eigenvalue weighted by Crippen LogP contribution is -2.33. The third kappa shape index (κ3) is 1.68. The highest BCUT2D eigenvalue weighted by Crippen LogP contribution is 2.35. The zero-order valence-corrected chi connectivity index (χ0v) is 8.55. The van der Waals surface area contributed by atoms with Gasteiger partial charge in [0.1, 0.15) is 5.78 Å². The zero-order valence-electron chi connectivity index (χ0n) is 7.79. The van der Waals surface area contributed by atoms with Gasteiger partial charge in [0.25, 0.3) is 0 Å². The normalized spacial score (nSPS) is 26.9. The summed E-state index contributed by atoms with van der Waals surface area (Å²) in [6, 6.07) is 7.46. The molecule has 0 heterocycles. The Bertz CT molecular complexity index is 377. The highest BCUT2D eigenvalue weighted by molar-refractivity contribution is 6.30. The number of rotatable bonds is 1. The minimum atomic E-state index is -0.484. The fraction of sp³-hybridized carbons (Fsp3) is 0.364. The molecule has 0 amide bonds. The fourth-order valence-electron chi connectivity index (χ4n) is 1.94. The molecule has 2 N–H and O–H groups in total. The van der Waals surface area contributed by atoms with Crippen molar-refractivity contribution in [3.8, 4) is 0 Å². The second-order valence-corrected chi connectivity index (χ2v) is 4.32. The number of nitrogens with two attached hydrogens (primary N) is 1. The van der Waals surface area contributed by atoms with E-state index in [4.69, 9.17) is 17.3 Å². The minimum Gasteiger partial charge on any atom is -0.321 e. The van der Waals surface area contributed by atoms with Gasteiger partial charge in [0.05, 0.1) is 0 Å². The van der Waals surface area contributed by atoms with Gasteiger partial charge in [-0.3, -0.25) is 4.79 Å². The number of hydrogen-bond acceptors (Lipinski definition) is 2. The predicted molar refractivity (Wildman–Crippen MR) is 56.2 cm³/mol. The van der Waals surface area contributed by atoms with Crippen LogP contribution < -0.4 is 5.73 Å². The average molecular weight is 210 g/mol. The molecule has 1 saturated carbocycles. The number of carbonyl (C=O) groups is 1. The summed E-state index contributed by atoms with van der Waals surface area (Å²) >= 11 is 5.88. The van der Waals surface area contributed by atoms with Crippen molar-refractivity contribution in [2.45, 2.75) is 24.8 Å². The lowest BCUT2D eigenvalue weighted by atomic mass is 9.89. The maximum atomic E-state index is 11.2. The maximum Gasteiger partial charge on any atom is 0.135 e. The Labute approximate surface area is 88.1 Å². The monoisotopic (exact) mass is 209 g/mol. The molecule has 2 rings (SSSR count). The van der Waals surface area contributed by atoms with E-state index in [1.165, 1.54) is 0 Å². The first-order chi connectivity index (χ1) is 6.60. The van der Waals surface area contributed by atoms with Gasteiger partial charge in [0.2, 0.25) is 0 Å². The lowest BCUT2D eigenvalue weighted by molar-refractivity contribution is -0.117. The number of halogens is 1. The summed E-state index contributed by atoms with van der Waals surface area (Å²) in [7, 11) is 0. The van der Waals surface area contributed by atoms with E-state index in [1.54, 1.807) is 0 Å². The molecule has 1 aromatic rings. The summed E-state index contributed by atoms with van der Waals surface area (Å²) in [4.78, 5) is 11.2. The van der Waals surface area contributed by atoms with Crippen LogP contribution in [-0.4, -0.2) is 5.78 Å². The molecular formula is C11H12ClNO. The molecule has 1 fully saturated rings. The van der Waals surface area contributed by atoms with Crippen molar-refractivity contribution in [2.75, 3.05) is 0 Å². The van der Waals surface area contributed by atoms with E-state index in [0.717, 1.165) is 12.0 Å². The van der Waals surface area contributed by atoms with Gasteiger partial charge < -0.3 is 5.73 Å². The summed E-state index contributed by atoms with van der Waals surface area (Å²) in [5.41, 5.74) is 6.64. The van der Waals surface area contributed by atoms with Crippen LogP contribution in [-0.2, 0) is 10.3 Å². The molecule has 0 saturated heterocycles. The van der Waals surface area contributed by atoms with Crippen molar-refractivity contribution < 1.29 is 4.79 Å². The Morgan fingerprint density at radius 1 is 1.43 bits per heavy atom. The summed E-state index contributed by atoms with van der Waals surface area (Å²) in [5, 5.41) is 0.673. The van der Waals surface area contributed by atoms with E-state index < -0.39 is 5.54 Å². The number of ketones is 1. The van der Waals surface area contributed by atoms with Gasteiger partial charge in [-0.25, -0.2) is 0 Å². The van der Waals surface area contributed by atoms with Gasteiger partial charge in [0.15, 0.2) is 0 Å². The van der Waals surface area contributed by atoms with Crippen LogP contribution in [0.25, 0.3) is 0 Å². The van der Waals surface area contributed by atoms with Crippen LogP contribution in [0.3, 0.4) is 0 Å². The van der Waals surface area contributed by atoms with Crippen LogP contribution in [0, 0.1) is 0 Å². The third-order valence-electron chi connectivity index (χ3n) is 2.76. The Morgan fingerprint density at radius 2 is 2.21 bits per heavy atom. The molecule has 1 aromatic carbocycles. The van der Waals surface area contributed by atoms with E-state index in [2.05, 4.69) is 0 Å². The first kappa shape index (κ1) is 9.69. The van der Waals surface area contributed by atoms with Gasteiger partial charge in [-0.05, 0) is 24.1 Å². The number of Topliss-reactive ketones (excluding diaryl/α,β-unsaturated/α-hetero) is 1. The van der Waals surface area contributed by atoms with E-state index in [9.17, 15) is 4.79 Å². The largest absolute Gasteiger partial charge is 0.321 e. The predicted octanol–water partition coefficient (Wildman–Crippen LogP) is 2.25. The molecule has 1 aliphatic carbocycles. The van der Waals surface area contributed by atoms with E-state index in [1.807, 2.05) is 24.3 Å². The van der Waals surface area contributed by atoms with Gasteiger partial charge in [0, 0.05) is 23.4 Å². The quantitative estimate of drug-likeness (QED) is 0.771. The smallest absolute Gasteiger partial charge is 0.135 e. The van der Waals surface area contributed by atoms with Crippen molar-refractivity contribution in [3.63, 3.8) is 0 Å². The Balaban J connectivity index is 2.34. The van der Waals surface area contributed by atoms with Gasteiger partial charge >= 0.3 is 0 Å². The average Bonchev–Trinajstić information content (AvgIpc) is 2.48. The van der Waals surface area contributed by atoms with Crippen LogP contribution >= 0.6 is 11.6 Å². The van der Waals surface area contributed by atoms with Crippen molar-refractivity contribution >= 4 is 17.4 Å². The highest BCUT2D eigenvalue weighted by atomic mass is 35.5. The van der Waals surface area contributed by atoms with Gasteiger partial charge in [-0.2, -0.15) is 0 Å². The highest BCUT2D eigenvalue weighted by Gasteiger charge is 2.36. The second kappa shape index (κ2) is 3.37. The fourth-order valence-corrected chi connectivity index (χ4v) is 2.13. The number of benzene rings is 1. The lowest BCUT2D eigenvalue weighted by Gasteiger charge is -2.23. The maximum absolute atomic E-state index is 11.2. The molecule has 1 unspecified atom stereocenters. The molecule has 14 heavy (non-hydrogen) atoms. The van der Waals surface area contributed by atoms with Crippen molar-refractivity contribution in [3.05, 3.63) is 34.9 Å². The molecule has 0 aliphatic heterocycles. The molecule has 3 heteroatoms. The molecule has 0 bridgehead atoms. The Morgan fingerprint density at radius 3 is 2.79 bits per heavy atom. The van der Waals surface area contributed by atoms with E-state index in [0.29, 0.717) is 17.9 Å². The molecular weight excluding hydrogens is 198 g/mol. The van der Waals surface area contributed by atoms with Crippen LogP contribution in [0.1, 0.15) is 24.8 Å². The summed E-state index contributed by atoms with van der Waals surface area (Å²) in [6.07, 6.45) is 1.75. The molecule has 1 aliphatic rings. The van der Waals surface area contributed by atoms with E-state index in [-0.39, 0.29) is 5.78 Å². The minimum absolute atomic E-state index is 0.243.